The van der Waals surface area contributed by atoms with E-state index in [-0.39, 0.29) is 22.9 Å². The smallest absolute Gasteiger partial charge is 0.191 e. The van der Waals surface area contributed by atoms with Crippen molar-refractivity contribution in [3.63, 3.8) is 0 Å². The molecule has 0 amide bonds. The number of sulfone groups is 1. The lowest BCUT2D eigenvalue weighted by Crippen LogP contribution is -2.46. The van der Waals surface area contributed by atoms with Crippen molar-refractivity contribution in [2.45, 2.75) is 25.3 Å². The number of aliphatic imine (C=N–C) groups is 1. The fourth-order valence-corrected chi connectivity index (χ4v) is 5.14. The van der Waals surface area contributed by atoms with E-state index >= 15 is 0 Å². The number of nitrogens with one attached hydrogen (secondary N) is 2. The van der Waals surface area contributed by atoms with Gasteiger partial charge in [-0.05, 0) is 31.4 Å². The van der Waals surface area contributed by atoms with Crippen LogP contribution in [-0.2, 0) is 9.84 Å². The van der Waals surface area contributed by atoms with Crippen molar-refractivity contribution >= 4 is 21.5 Å². The third-order valence-electron chi connectivity index (χ3n) is 5.16. The van der Waals surface area contributed by atoms with Crippen molar-refractivity contribution in [2.75, 3.05) is 43.6 Å². The predicted molar refractivity (Wildman–Crippen MR) is 103 cm³/mol. The Labute approximate surface area is 159 Å². The zero-order valence-electron chi connectivity index (χ0n) is 15.6. The summed E-state index contributed by atoms with van der Waals surface area (Å²) in [6.45, 7) is 1.55. The molecular formula is C18H26F2N4O2S. The normalized spacial score (nSPS) is 22.0. The van der Waals surface area contributed by atoms with Crippen molar-refractivity contribution in [3.05, 3.63) is 29.8 Å². The summed E-state index contributed by atoms with van der Waals surface area (Å²) >= 11 is 0. The third kappa shape index (κ3) is 5.09. The minimum atomic E-state index is -3.02. The average Bonchev–Trinajstić information content (AvgIpc) is 3.17. The van der Waals surface area contributed by atoms with E-state index in [0.717, 1.165) is 19.3 Å². The van der Waals surface area contributed by atoms with Gasteiger partial charge in [-0.25, -0.2) is 17.2 Å². The van der Waals surface area contributed by atoms with Crippen molar-refractivity contribution in [2.24, 2.45) is 10.4 Å². The molecule has 2 N–H and O–H groups in total. The number of anilines is 1. The van der Waals surface area contributed by atoms with Gasteiger partial charge in [-0.1, -0.05) is 6.07 Å². The van der Waals surface area contributed by atoms with Gasteiger partial charge in [-0.15, -0.1) is 0 Å². The van der Waals surface area contributed by atoms with Gasteiger partial charge < -0.3 is 15.5 Å². The Morgan fingerprint density at radius 2 is 2.00 bits per heavy atom. The second-order valence-corrected chi connectivity index (χ2v) is 9.78. The lowest BCUT2D eigenvalue weighted by Gasteiger charge is -2.22. The van der Waals surface area contributed by atoms with Crippen molar-refractivity contribution < 1.29 is 17.2 Å². The topological polar surface area (TPSA) is 73.8 Å². The minimum Gasteiger partial charge on any atom is -0.365 e. The number of halogens is 2. The van der Waals surface area contributed by atoms with Gasteiger partial charge in [0, 0.05) is 44.4 Å². The highest BCUT2D eigenvalue weighted by Gasteiger charge is 2.45. The van der Waals surface area contributed by atoms with Gasteiger partial charge in [0.15, 0.2) is 5.96 Å². The maximum Gasteiger partial charge on any atom is 0.191 e. The van der Waals surface area contributed by atoms with Crippen LogP contribution >= 0.6 is 0 Å². The molecule has 1 aromatic carbocycles. The molecule has 27 heavy (non-hydrogen) atoms. The van der Waals surface area contributed by atoms with Crippen LogP contribution in [0.15, 0.2) is 23.2 Å². The molecule has 2 fully saturated rings. The highest BCUT2D eigenvalue weighted by Crippen LogP contribution is 2.46. The first-order valence-electron chi connectivity index (χ1n) is 9.05. The largest absolute Gasteiger partial charge is 0.365 e. The molecule has 1 aliphatic heterocycles. The maximum atomic E-state index is 14.0. The van der Waals surface area contributed by atoms with Gasteiger partial charge in [0.2, 0.25) is 0 Å². The van der Waals surface area contributed by atoms with Crippen LogP contribution in [0.4, 0.5) is 14.5 Å². The summed E-state index contributed by atoms with van der Waals surface area (Å²) in [7, 11) is -1.37. The summed E-state index contributed by atoms with van der Waals surface area (Å²) in [5.41, 5.74) is -0.196. The lowest BCUT2D eigenvalue weighted by atomic mass is 10.1. The second kappa shape index (κ2) is 7.61. The molecule has 1 saturated carbocycles. The van der Waals surface area contributed by atoms with Gasteiger partial charge in [0.05, 0.1) is 5.75 Å². The first-order chi connectivity index (χ1) is 12.7. The fourth-order valence-electron chi connectivity index (χ4n) is 3.64. The molecule has 1 aromatic rings. The molecule has 0 aromatic heterocycles. The standard InChI is InChI=1S/C18H26F2N4O2S/c1-21-17(22-11-18(7-8-18)12-27(2,25)26)23-13-6-9-24(10-13)16-14(19)4-3-5-15(16)20/h3-5,13H,6-12H2,1-2H3,(H2,21,22,23). The Morgan fingerprint density at radius 1 is 1.33 bits per heavy atom. The van der Waals surface area contributed by atoms with Crippen LogP contribution in [0.5, 0.6) is 0 Å². The molecule has 1 unspecified atom stereocenters. The number of guanidine groups is 1. The minimum absolute atomic E-state index is 0.000247. The summed E-state index contributed by atoms with van der Waals surface area (Å²) < 4.78 is 51.1. The molecule has 1 saturated heterocycles. The van der Waals surface area contributed by atoms with Crippen LogP contribution in [0.2, 0.25) is 0 Å². The molecule has 9 heteroatoms. The number of nitrogens with zero attached hydrogens (tertiary/aromatic N) is 2. The van der Waals surface area contributed by atoms with Crippen LogP contribution < -0.4 is 15.5 Å². The van der Waals surface area contributed by atoms with Crippen molar-refractivity contribution in [1.82, 2.24) is 10.6 Å². The Bertz CT molecular complexity index is 804. The number of hydrogen-bond acceptors (Lipinski definition) is 4. The van der Waals surface area contributed by atoms with Crippen molar-refractivity contribution in [3.8, 4) is 0 Å². The molecule has 1 heterocycles. The van der Waals surface area contributed by atoms with Crippen LogP contribution in [0.3, 0.4) is 0 Å². The van der Waals surface area contributed by atoms with E-state index in [4.69, 9.17) is 0 Å². The molecule has 6 nitrogen and oxygen atoms in total. The Morgan fingerprint density at radius 3 is 2.56 bits per heavy atom. The quantitative estimate of drug-likeness (QED) is 0.560. The molecule has 2 aliphatic rings. The maximum absolute atomic E-state index is 14.0. The van der Waals surface area contributed by atoms with E-state index in [1.807, 2.05) is 0 Å². The number of benzene rings is 1. The number of hydrogen-bond donors (Lipinski definition) is 2. The third-order valence-corrected chi connectivity index (χ3v) is 6.30. The summed E-state index contributed by atoms with van der Waals surface area (Å²) in [4.78, 5) is 5.89. The molecule has 0 bridgehead atoms. The Balaban J connectivity index is 1.54. The Hall–Kier alpha value is -1.90. The highest BCUT2D eigenvalue weighted by molar-refractivity contribution is 7.90. The predicted octanol–water partition coefficient (Wildman–Crippen LogP) is 1.53. The molecule has 0 radical (unpaired) electrons. The molecular weight excluding hydrogens is 374 g/mol. The van der Waals surface area contributed by atoms with E-state index in [2.05, 4.69) is 15.6 Å². The van der Waals surface area contributed by atoms with Gasteiger partial charge in [-0.2, -0.15) is 0 Å². The summed E-state index contributed by atoms with van der Waals surface area (Å²) in [5, 5.41) is 6.48. The van der Waals surface area contributed by atoms with Crippen LogP contribution in [0.1, 0.15) is 19.3 Å². The van der Waals surface area contributed by atoms with Crippen LogP contribution in [0.25, 0.3) is 0 Å². The first-order valence-corrected chi connectivity index (χ1v) is 11.1. The van der Waals surface area contributed by atoms with Crippen molar-refractivity contribution in [1.29, 1.82) is 0 Å². The number of para-hydroxylation sites is 1. The van der Waals surface area contributed by atoms with E-state index < -0.39 is 21.5 Å². The Kier molecular flexibility index (Phi) is 5.60. The van der Waals surface area contributed by atoms with Crippen LogP contribution in [0, 0.1) is 17.0 Å². The average molecular weight is 400 g/mol. The zero-order valence-corrected chi connectivity index (χ0v) is 16.5. The monoisotopic (exact) mass is 400 g/mol. The van der Waals surface area contributed by atoms with E-state index in [9.17, 15) is 17.2 Å². The summed E-state index contributed by atoms with van der Waals surface area (Å²) in [6, 6.07) is 3.88. The fraction of sp³-hybridized carbons (Fsp3) is 0.611. The number of rotatable bonds is 6. The van der Waals surface area contributed by atoms with Gasteiger partial charge in [0.1, 0.15) is 27.2 Å². The first kappa shape index (κ1) is 19.9. The van der Waals surface area contributed by atoms with Gasteiger partial charge >= 0.3 is 0 Å². The molecule has 3 rings (SSSR count). The van der Waals surface area contributed by atoms with Gasteiger partial charge in [-0.3, -0.25) is 4.99 Å². The second-order valence-electron chi connectivity index (χ2n) is 7.64. The van der Waals surface area contributed by atoms with Crippen LogP contribution in [-0.4, -0.2) is 59.1 Å². The van der Waals surface area contributed by atoms with E-state index in [0.29, 0.717) is 25.6 Å². The lowest BCUT2D eigenvalue weighted by molar-refractivity contribution is 0.525. The van der Waals surface area contributed by atoms with Gasteiger partial charge in [0.25, 0.3) is 0 Å². The summed E-state index contributed by atoms with van der Waals surface area (Å²) in [5.74, 6) is -0.367. The summed E-state index contributed by atoms with van der Waals surface area (Å²) in [6.07, 6.45) is 3.75. The zero-order chi connectivity index (χ0) is 19.7. The molecule has 1 aliphatic carbocycles. The molecule has 0 spiro atoms. The van der Waals surface area contributed by atoms with E-state index in [1.54, 1.807) is 11.9 Å². The molecule has 150 valence electrons. The highest BCUT2D eigenvalue weighted by atomic mass is 32.2. The van der Waals surface area contributed by atoms with E-state index in [1.165, 1.54) is 24.5 Å². The SMILES string of the molecule is CN=C(NCC1(CS(C)(=O)=O)CC1)NC1CCN(c2c(F)cccc2F)C1. The molecule has 1 atom stereocenters.